The predicted octanol–water partition coefficient (Wildman–Crippen LogP) is -0.0903. The molecule has 0 bridgehead atoms. The molecule has 106 valence electrons. The average molecular weight is 268 g/mol. The summed E-state index contributed by atoms with van der Waals surface area (Å²) in [4.78, 5) is 29.5. The molecule has 1 rings (SSSR count). The molecule has 0 aromatic carbocycles. The van der Waals surface area contributed by atoms with Crippen molar-refractivity contribution in [2.24, 2.45) is 0 Å². The minimum Gasteiger partial charge on any atom is -0.480 e. The quantitative estimate of drug-likeness (QED) is 0.527. The number of hydrogen-bond donors (Lipinski definition) is 4. The van der Waals surface area contributed by atoms with E-state index in [-0.39, 0.29) is 24.8 Å². The third kappa shape index (κ3) is 5.52. The molecule has 0 radical (unpaired) electrons. The summed E-state index contributed by atoms with van der Waals surface area (Å²) in [5.41, 5.74) is 0.674. The Morgan fingerprint density at radius 2 is 2.26 bits per heavy atom. The Hall–Kier alpha value is -1.89. The lowest BCUT2D eigenvalue weighted by Gasteiger charge is -2.16. The summed E-state index contributed by atoms with van der Waals surface area (Å²) in [6.07, 6.45) is 3.46. The van der Waals surface area contributed by atoms with Gasteiger partial charge in [-0.2, -0.15) is 0 Å². The Morgan fingerprint density at radius 1 is 1.53 bits per heavy atom. The number of nitrogens with zero attached hydrogens (tertiary/aromatic N) is 1. The molecule has 7 heteroatoms. The number of amides is 1. The second-order valence-corrected chi connectivity index (χ2v) is 4.40. The van der Waals surface area contributed by atoms with E-state index in [9.17, 15) is 9.59 Å². The molecule has 19 heavy (non-hydrogen) atoms. The van der Waals surface area contributed by atoms with E-state index in [1.807, 2.05) is 13.8 Å². The average Bonchev–Trinajstić information content (AvgIpc) is 2.80. The van der Waals surface area contributed by atoms with Crippen molar-refractivity contribution in [1.82, 2.24) is 20.6 Å². The Kier molecular flexibility index (Phi) is 6.01. The van der Waals surface area contributed by atoms with Crippen LogP contribution in [-0.2, 0) is 16.0 Å². The van der Waals surface area contributed by atoms with Crippen LogP contribution >= 0.6 is 0 Å². The van der Waals surface area contributed by atoms with Crippen LogP contribution in [0.5, 0.6) is 0 Å². The lowest BCUT2D eigenvalue weighted by Crippen LogP contribution is -2.44. The molecule has 4 N–H and O–H groups in total. The molecule has 0 saturated heterocycles. The highest BCUT2D eigenvalue weighted by atomic mass is 16.4. The molecule has 7 nitrogen and oxygen atoms in total. The van der Waals surface area contributed by atoms with Gasteiger partial charge in [-0.3, -0.25) is 4.79 Å². The van der Waals surface area contributed by atoms with E-state index < -0.39 is 12.0 Å². The molecule has 2 atom stereocenters. The Balaban J connectivity index is 2.49. The van der Waals surface area contributed by atoms with Crippen molar-refractivity contribution in [3.8, 4) is 0 Å². The SMILES string of the molecule is CCNC(C)CC(=O)N[C@H](Cc1cnc[nH]1)C(=O)O. The fraction of sp³-hybridized carbons (Fsp3) is 0.583. The molecular weight excluding hydrogens is 248 g/mol. The molecule has 1 aromatic rings. The van der Waals surface area contributed by atoms with Gasteiger partial charge in [0, 0.05) is 30.8 Å². The number of rotatable bonds is 8. The topological polar surface area (TPSA) is 107 Å². The third-order valence-corrected chi connectivity index (χ3v) is 2.66. The van der Waals surface area contributed by atoms with Crippen molar-refractivity contribution in [2.75, 3.05) is 6.54 Å². The first kappa shape index (κ1) is 15.2. The Labute approximate surface area is 111 Å². The van der Waals surface area contributed by atoms with E-state index in [0.717, 1.165) is 6.54 Å². The van der Waals surface area contributed by atoms with Gasteiger partial charge in [-0.1, -0.05) is 6.92 Å². The molecule has 0 aliphatic rings. The molecule has 0 fully saturated rings. The summed E-state index contributed by atoms with van der Waals surface area (Å²) >= 11 is 0. The number of imidazole rings is 1. The van der Waals surface area contributed by atoms with Crippen LogP contribution in [0, 0.1) is 0 Å². The van der Waals surface area contributed by atoms with Gasteiger partial charge in [0.15, 0.2) is 0 Å². The summed E-state index contributed by atoms with van der Waals surface area (Å²) in [6, 6.07) is -0.923. The van der Waals surface area contributed by atoms with Gasteiger partial charge in [0.25, 0.3) is 0 Å². The fourth-order valence-corrected chi connectivity index (χ4v) is 1.77. The number of carboxylic acids is 1. The maximum atomic E-state index is 11.7. The molecular formula is C12H20N4O3. The zero-order valence-corrected chi connectivity index (χ0v) is 11.1. The molecule has 1 unspecified atom stereocenters. The number of carbonyl (C=O) groups is 2. The van der Waals surface area contributed by atoms with Crippen molar-refractivity contribution in [2.45, 2.75) is 38.8 Å². The van der Waals surface area contributed by atoms with Gasteiger partial charge in [0.05, 0.1) is 6.33 Å². The zero-order valence-electron chi connectivity index (χ0n) is 11.1. The van der Waals surface area contributed by atoms with E-state index in [4.69, 9.17) is 5.11 Å². The van der Waals surface area contributed by atoms with Crippen molar-refractivity contribution >= 4 is 11.9 Å². The number of carbonyl (C=O) groups excluding carboxylic acids is 1. The number of hydrogen-bond acceptors (Lipinski definition) is 4. The lowest BCUT2D eigenvalue weighted by molar-refractivity contribution is -0.141. The number of aromatic amines is 1. The van der Waals surface area contributed by atoms with E-state index in [2.05, 4.69) is 20.6 Å². The molecule has 0 aliphatic carbocycles. The summed E-state index contributed by atoms with van der Waals surface area (Å²) < 4.78 is 0. The minimum absolute atomic E-state index is 0.0200. The zero-order chi connectivity index (χ0) is 14.3. The van der Waals surface area contributed by atoms with E-state index in [1.165, 1.54) is 6.33 Å². The van der Waals surface area contributed by atoms with Crippen LogP contribution < -0.4 is 10.6 Å². The van der Waals surface area contributed by atoms with Crippen molar-refractivity contribution in [3.63, 3.8) is 0 Å². The molecule has 1 amide bonds. The molecule has 0 saturated carbocycles. The molecule has 0 spiro atoms. The van der Waals surface area contributed by atoms with Gasteiger partial charge in [-0.15, -0.1) is 0 Å². The van der Waals surface area contributed by atoms with Crippen molar-refractivity contribution < 1.29 is 14.7 Å². The standard InChI is InChI=1S/C12H20N4O3/c1-3-14-8(2)4-11(17)16-10(12(18)19)5-9-6-13-7-15-9/h6-8,10,14H,3-5H2,1-2H3,(H,13,15)(H,16,17)(H,18,19)/t8?,10-/m1/s1. The second-order valence-electron chi connectivity index (χ2n) is 4.40. The van der Waals surface area contributed by atoms with Crippen LogP contribution in [-0.4, -0.2) is 45.6 Å². The van der Waals surface area contributed by atoms with Gasteiger partial charge in [-0.05, 0) is 13.5 Å². The molecule has 1 aromatic heterocycles. The number of aromatic nitrogens is 2. The first-order valence-electron chi connectivity index (χ1n) is 6.25. The van der Waals surface area contributed by atoms with Crippen LogP contribution in [0.3, 0.4) is 0 Å². The van der Waals surface area contributed by atoms with Gasteiger partial charge < -0.3 is 20.7 Å². The van der Waals surface area contributed by atoms with Gasteiger partial charge >= 0.3 is 5.97 Å². The normalized spacial score (nSPS) is 13.8. The molecule has 1 heterocycles. The fourth-order valence-electron chi connectivity index (χ4n) is 1.77. The Morgan fingerprint density at radius 3 is 2.79 bits per heavy atom. The highest BCUT2D eigenvalue weighted by Crippen LogP contribution is 2.00. The van der Waals surface area contributed by atoms with Gasteiger partial charge in [0.2, 0.25) is 5.91 Å². The largest absolute Gasteiger partial charge is 0.480 e. The first-order chi connectivity index (χ1) is 9.02. The van der Waals surface area contributed by atoms with Crippen molar-refractivity contribution in [3.05, 3.63) is 18.2 Å². The van der Waals surface area contributed by atoms with Gasteiger partial charge in [0.1, 0.15) is 6.04 Å². The van der Waals surface area contributed by atoms with Crippen LogP contribution in [0.1, 0.15) is 26.0 Å². The van der Waals surface area contributed by atoms with E-state index >= 15 is 0 Å². The maximum Gasteiger partial charge on any atom is 0.326 e. The van der Waals surface area contributed by atoms with Crippen molar-refractivity contribution in [1.29, 1.82) is 0 Å². The predicted molar refractivity (Wildman–Crippen MR) is 69.6 cm³/mol. The van der Waals surface area contributed by atoms with Crippen LogP contribution in [0.2, 0.25) is 0 Å². The number of aliphatic carboxylic acids is 1. The minimum atomic E-state index is -1.06. The van der Waals surface area contributed by atoms with Crippen LogP contribution in [0.4, 0.5) is 0 Å². The Bertz CT molecular complexity index is 405. The van der Waals surface area contributed by atoms with Crippen LogP contribution in [0.15, 0.2) is 12.5 Å². The highest BCUT2D eigenvalue weighted by molar-refractivity contribution is 5.83. The first-order valence-corrected chi connectivity index (χ1v) is 6.25. The number of H-pyrrole nitrogens is 1. The summed E-state index contributed by atoms with van der Waals surface area (Å²) in [6.45, 7) is 4.60. The van der Waals surface area contributed by atoms with E-state index in [0.29, 0.717) is 5.69 Å². The lowest BCUT2D eigenvalue weighted by atomic mass is 10.1. The monoisotopic (exact) mass is 268 g/mol. The third-order valence-electron chi connectivity index (χ3n) is 2.66. The number of nitrogens with one attached hydrogen (secondary N) is 3. The van der Waals surface area contributed by atoms with Crippen LogP contribution in [0.25, 0.3) is 0 Å². The van der Waals surface area contributed by atoms with Gasteiger partial charge in [-0.25, -0.2) is 9.78 Å². The maximum absolute atomic E-state index is 11.7. The highest BCUT2D eigenvalue weighted by Gasteiger charge is 2.21. The van der Waals surface area contributed by atoms with E-state index in [1.54, 1.807) is 6.20 Å². The summed E-state index contributed by atoms with van der Waals surface area (Å²) in [7, 11) is 0. The summed E-state index contributed by atoms with van der Waals surface area (Å²) in [5, 5.41) is 14.7. The second kappa shape index (κ2) is 7.52. The number of carboxylic acid groups (broad SMARTS) is 1. The summed E-state index contributed by atoms with van der Waals surface area (Å²) in [5.74, 6) is -1.33. The smallest absolute Gasteiger partial charge is 0.326 e. The molecule has 0 aliphatic heterocycles.